The molecule has 0 aromatic carbocycles. The molecule has 98 valence electrons. The van der Waals surface area contributed by atoms with Gasteiger partial charge in [0, 0.05) is 12.1 Å². The Bertz CT molecular complexity index is 442. The smallest absolute Gasteiger partial charge is 0.273 e. The van der Waals surface area contributed by atoms with Crippen LogP contribution in [0.3, 0.4) is 0 Å². The molecule has 0 unspecified atom stereocenters. The van der Waals surface area contributed by atoms with Gasteiger partial charge in [0.05, 0.1) is 0 Å². The molecule has 1 amide bonds. The molecule has 0 bridgehead atoms. The van der Waals surface area contributed by atoms with E-state index < -0.39 is 5.91 Å². The Kier molecular flexibility index (Phi) is 3.56. The maximum Gasteiger partial charge on any atom is 0.273 e. The average molecular weight is 251 g/mol. The van der Waals surface area contributed by atoms with Crippen molar-refractivity contribution in [3.63, 3.8) is 0 Å². The largest absolute Gasteiger partial charge is 0.382 e. The van der Waals surface area contributed by atoms with Gasteiger partial charge >= 0.3 is 0 Å². The summed E-state index contributed by atoms with van der Waals surface area (Å²) >= 11 is 0. The van der Waals surface area contributed by atoms with Gasteiger partial charge in [-0.25, -0.2) is 0 Å². The lowest BCUT2D eigenvalue weighted by Gasteiger charge is -2.26. The van der Waals surface area contributed by atoms with Crippen molar-refractivity contribution in [1.29, 1.82) is 0 Å². The van der Waals surface area contributed by atoms with Crippen LogP contribution in [-0.2, 0) is 0 Å². The van der Waals surface area contributed by atoms with Crippen LogP contribution in [0, 0.1) is 0 Å². The van der Waals surface area contributed by atoms with Crippen molar-refractivity contribution in [2.24, 2.45) is 11.5 Å². The highest BCUT2D eigenvalue weighted by Crippen LogP contribution is 2.19. The van der Waals surface area contributed by atoms with E-state index in [1.54, 1.807) is 0 Å². The molecule has 0 atom stereocenters. The molecule has 8 nitrogen and oxygen atoms in total. The van der Waals surface area contributed by atoms with Crippen molar-refractivity contribution in [3.05, 3.63) is 5.69 Å². The lowest BCUT2D eigenvalue weighted by atomic mass is 9.92. The molecule has 0 radical (unpaired) electrons. The van der Waals surface area contributed by atoms with E-state index in [0.29, 0.717) is 5.95 Å². The van der Waals surface area contributed by atoms with Gasteiger partial charge in [-0.2, -0.15) is 4.98 Å². The van der Waals surface area contributed by atoms with Gasteiger partial charge < -0.3 is 22.5 Å². The quantitative estimate of drug-likeness (QED) is 0.551. The molecule has 0 spiro atoms. The summed E-state index contributed by atoms with van der Waals surface area (Å²) < 4.78 is 0. The maximum atomic E-state index is 10.9. The first-order valence-corrected chi connectivity index (χ1v) is 5.88. The zero-order valence-electron chi connectivity index (χ0n) is 9.97. The summed E-state index contributed by atoms with van der Waals surface area (Å²) in [6.07, 6.45) is 3.86. The zero-order valence-corrected chi connectivity index (χ0v) is 9.97. The lowest BCUT2D eigenvalue weighted by Crippen LogP contribution is -2.33. The summed E-state index contributed by atoms with van der Waals surface area (Å²) in [5.74, 6) is -0.423. The average Bonchev–Trinajstić information content (AvgIpc) is 2.32. The van der Waals surface area contributed by atoms with Crippen molar-refractivity contribution in [1.82, 2.24) is 15.2 Å². The maximum absolute atomic E-state index is 10.9. The molecule has 8 heteroatoms. The van der Waals surface area contributed by atoms with Crippen LogP contribution in [0.5, 0.6) is 0 Å². The molecule has 1 aromatic heterocycles. The highest BCUT2D eigenvalue weighted by Gasteiger charge is 2.20. The normalized spacial score (nSPS) is 23.6. The van der Waals surface area contributed by atoms with Crippen LogP contribution >= 0.6 is 0 Å². The number of aromatic nitrogens is 3. The predicted octanol–water partition coefficient (Wildman–Crippen LogP) is -0.765. The van der Waals surface area contributed by atoms with E-state index in [9.17, 15) is 4.79 Å². The van der Waals surface area contributed by atoms with Gasteiger partial charge in [0.25, 0.3) is 5.91 Å². The van der Waals surface area contributed by atoms with Gasteiger partial charge in [-0.15, -0.1) is 10.2 Å². The molecule has 7 N–H and O–H groups in total. The van der Waals surface area contributed by atoms with E-state index in [4.69, 9.17) is 17.2 Å². The summed E-state index contributed by atoms with van der Waals surface area (Å²) in [5, 5.41) is 10.6. The minimum Gasteiger partial charge on any atom is -0.382 e. The molecule has 1 fully saturated rings. The minimum absolute atomic E-state index is 0.00693. The Labute approximate surface area is 104 Å². The fourth-order valence-corrected chi connectivity index (χ4v) is 2.02. The van der Waals surface area contributed by atoms with Crippen molar-refractivity contribution in [2.75, 3.05) is 11.1 Å². The first-order valence-electron chi connectivity index (χ1n) is 5.88. The first-order chi connectivity index (χ1) is 8.56. The summed E-state index contributed by atoms with van der Waals surface area (Å²) in [5.41, 5.74) is 16.4. The number of nitrogens with zero attached hydrogens (tertiary/aromatic N) is 3. The van der Waals surface area contributed by atoms with Crippen molar-refractivity contribution in [2.45, 2.75) is 37.8 Å². The lowest BCUT2D eigenvalue weighted by molar-refractivity contribution is 0.0995. The summed E-state index contributed by atoms with van der Waals surface area (Å²) in [4.78, 5) is 14.9. The number of rotatable bonds is 3. The second-order valence-corrected chi connectivity index (χ2v) is 4.49. The fourth-order valence-electron chi connectivity index (χ4n) is 2.02. The molecule has 0 saturated heterocycles. The Balaban J connectivity index is 2.02. The Morgan fingerprint density at radius 2 is 1.89 bits per heavy atom. The third kappa shape index (κ3) is 2.83. The monoisotopic (exact) mass is 251 g/mol. The highest BCUT2D eigenvalue weighted by atomic mass is 16.1. The standard InChI is InChI=1S/C10H17N7O/c11-5-1-3-6(4-2-5)14-10-15-8(12)7(9(13)18)16-17-10/h5-6H,1-4,11H2,(H2,13,18)(H3,12,14,15,17). The fraction of sp³-hybridized carbons (Fsp3) is 0.600. The van der Waals surface area contributed by atoms with E-state index in [0.717, 1.165) is 25.7 Å². The number of primary amides is 1. The summed E-state index contributed by atoms with van der Waals surface area (Å²) in [6, 6.07) is 0.551. The third-order valence-corrected chi connectivity index (χ3v) is 3.05. The molecule has 2 rings (SSSR count). The second kappa shape index (κ2) is 5.13. The number of anilines is 2. The molecule has 1 aliphatic rings. The number of nitrogens with two attached hydrogens (primary N) is 3. The Morgan fingerprint density at radius 1 is 1.22 bits per heavy atom. The molecular formula is C10H17N7O. The number of carbonyl (C=O) groups is 1. The van der Waals surface area contributed by atoms with Crippen LogP contribution in [0.4, 0.5) is 11.8 Å². The van der Waals surface area contributed by atoms with E-state index >= 15 is 0 Å². The summed E-state index contributed by atoms with van der Waals surface area (Å²) in [7, 11) is 0. The van der Waals surface area contributed by atoms with Crippen LogP contribution in [0.15, 0.2) is 0 Å². The van der Waals surface area contributed by atoms with Crippen molar-refractivity contribution in [3.8, 4) is 0 Å². The van der Waals surface area contributed by atoms with Crippen molar-refractivity contribution < 1.29 is 4.79 Å². The molecule has 1 aromatic rings. The van der Waals surface area contributed by atoms with Crippen LogP contribution in [0.2, 0.25) is 0 Å². The van der Waals surface area contributed by atoms with Gasteiger partial charge in [-0.1, -0.05) is 0 Å². The molecular weight excluding hydrogens is 234 g/mol. The molecule has 1 heterocycles. The topological polar surface area (TPSA) is 146 Å². The summed E-state index contributed by atoms with van der Waals surface area (Å²) in [6.45, 7) is 0. The number of hydrogen-bond acceptors (Lipinski definition) is 7. The van der Waals surface area contributed by atoms with Crippen molar-refractivity contribution >= 4 is 17.7 Å². The zero-order chi connectivity index (χ0) is 13.1. The van der Waals surface area contributed by atoms with E-state index in [1.807, 2.05) is 0 Å². The van der Waals surface area contributed by atoms with Gasteiger partial charge in [0.1, 0.15) is 0 Å². The van der Waals surface area contributed by atoms with Crippen LogP contribution in [0.1, 0.15) is 36.2 Å². The van der Waals surface area contributed by atoms with E-state index in [-0.39, 0.29) is 23.6 Å². The molecule has 18 heavy (non-hydrogen) atoms. The SMILES string of the molecule is NC(=O)c1nnc(NC2CCC(N)CC2)nc1N. The van der Waals surface area contributed by atoms with E-state index in [1.165, 1.54) is 0 Å². The minimum atomic E-state index is -0.734. The Hall–Kier alpha value is -1.96. The van der Waals surface area contributed by atoms with Gasteiger partial charge in [-0.05, 0) is 25.7 Å². The van der Waals surface area contributed by atoms with E-state index in [2.05, 4.69) is 20.5 Å². The highest BCUT2D eigenvalue weighted by molar-refractivity contribution is 5.94. The molecule has 0 aliphatic heterocycles. The van der Waals surface area contributed by atoms with Crippen LogP contribution < -0.4 is 22.5 Å². The Morgan fingerprint density at radius 3 is 2.44 bits per heavy atom. The first kappa shape index (κ1) is 12.5. The second-order valence-electron chi connectivity index (χ2n) is 4.49. The molecule has 1 saturated carbocycles. The van der Waals surface area contributed by atoms with Gasteiger partial charge in [0.2, 0.25) is 5.95 Å². The van der Waals surface area contributed by atoms with Gasteiger partial charge in [0.15, 0.2) is 11.5 Å². The number of nitrogen functional groups attached to an aromatic ring is 1. The van der Waals surface area contributed by atoms with Crippen LogP contribution in [0.25, 0.3) is 0 Å². The number of nitrogens with one attached hydrogen (secondary N) is 1. The third-order valence-electron chi connectivity index (χ3n) is 3.05. The van der Waals surface area contributed by atoms with Crippen LogP contribution in [-0.4, -0.2) is 33.2 Å². The number of carbonyl (C=O) groups excluding carboxylic acids is 1. The number of hydrogen-bond donors (Lipinski definition) is 4. The van der Waals surface area contributed by atoms with Gasteiger partial charge in [-0.3, -0.25) is 4.79 Å². The predicted molar refractivity (Wildman–Crippen MR) is 66.6 cm³/mol. The number of amides is 1. The molecule has 1 aliphatic carbocycles.